The van der Waals surface area contributed by atoms with Crippen molar-refractivity contribution in [1.82, 2.24) is 15.1 Å². The van der Waals surface area contributed by atoms with Crippen LogP contribution in [0.25, 0.3) is 11.4 Å². The topological polar surface area (TPSA) is 61.0 Å². The minimum absolute atomic E-state index is 0.571. The Hall–Kier alpha value is -1.91. The van der Waals surface area contributed by atoms with Gasteiger partial charge in [0.2, 0.25) is 0 Å². The Kier molecular flexibility index (Phi) is 1.91. The summed E-state index contributed by atoms with van der Waals surface area (Å²) in [5, 5.41) is 3.55. The van der Waals surface area contributed by atoms with E-state index in [1.54, 1.807) is 25.7 Å². The van der Waals surface area contributed by atoms with Gasteiger partial charge in [0.1, 0.15) is 6.26 Å². The summed E-state index contributed by atoms with van der Waals surface area (Å²) < 4.78 is 9.59. The third-order valence-electron chi connectivity index (χ3n) is 1.55. The van der Waals surface area contributed by atoms with Crippen molar-refractivity contribution in [2.75, 3.05) is 7.11 Å². The first-order valence-electron chi connectivity index (χ1n) is 3.66. The maximum Gasteiger partial charge on any atom is 0.164 e. The molecule has 0 N–H and O–H groups in total. The van der Waals surface area contributed by atoms with Gasteiger partial charge >= 0.3 is 0 Å². The number of hydrogen-bond donors (Lipinski definition) is 0. The molecule has 5 nitrogen and oxygen atoms in total. The molecule has 0 unspecified atom stereocenters. The molecule has 0 aliphatic heterocycles. The third kappa shape index (κ3) is 1.48. The lowest BCUT2D eigenvalue weighted by Crippen LogP contribution is -1.89. The number of nitrogens with zero attached hydrogens (tertiary/aromatic N) is 3. The second-order valence-electron chi connectivity index (χ2n) is 2.36. The summed E-state index contributed by atoms with van der Waals surface area (Å²) in [4.78, 5) is 8.11. The highest BCUT2D eigenvalue weighted by molar-refractivity contribution is 5.50. The smallest absolute Gasteiger partial charge is 0.164 e. The number of methoxy groups -OCH3 is 1. The van der Waals surface area contributed by atoms with Crippen molar-refractivity contribution in [3.05, 3.63) is 24.9 Å². The molecule has 0 bridgehead atoms. The van der Waals surface area contributed by atoms with E-state index in [4.69, 9.17) is 4.74 Å². The van der Waals surface area contributed by atoms with Crippen molar-refractivity contribution in [2.45, 2.75) is 0 Å². The molecule has 2 rings (SSSR count). The van der Waals surface area contributed by atoms with E-state index < -0.39 is 0 Å². The molecule has 0 atom stereocenters. The Morgan fingerprint density at radius 2 is 2.00 bits per heavy atom. The molecule has 0 aliphatic carbocycles. The zero-order valence-corrected chi connectivity index (χ0v) is 6.97. The predicted octanol–water partition coefficient (Wildman–Crippen LogP) is 1.14. The van der Waals surface area contributed by atoms with Crippen LogP contribution in [0.1, 0.15) is 0 Å². The van der Waals surface area contributed by atoms with Crippen LogP contribution in [-0.4, -0.2) is 22.2 Å². The van der Waals surface area contributed by atoms with Crippen molar-refractivity contribution in [3.63, 3.8) is 0 Å². The molecule has 13 heavy (non-hydrogen) atoms. The highest BCUT2D eigenvalue weighted by atomic mass is 16.5. The number of ether oxygens (including phenoxy) is 1. The SMILES string of the molecule is COc1cnc(-c2cnoc2)nc1. The van der Waals surface area contributed by atoms with Crippen LogP contribution in [0, 0.1) is 0 Å². The zero-order valence-electron chi connectivity index (χ0n) is 6.97. The lowest BCUT2D eigenvalue weighted by molar-refractivity contribution is 0.411. The van der Waals surface area contributed by atoms with Crippen molar-refractivity contribution in [1.29, 1.82) is 0 Å². The van der Waals surface area contributed by atoms with Gasteiger partial charge in [0.15, 0.2) is 11.6 Å². The molecule has 66 valence electrons. The number of aromatic nitrogens is 3. The van der Waals surface area contributed by atoms with E-state index in [1.807, 2.05) is 0 Å². The van der Waals surface area contributed by atoms with Gasteiger partial charge in [-0.05, 0) is 0 Å². The van der Waals surface area contributed by atoms with Crippen LogP contribution in [0.2, 0.25) is 0 Å². The quantitative estimate of drug-likeness (QED) is 0.688. The first-order valence-corrected chi connectivity index (χ1v) is 3.66. The Balaban J connectivity index is 2.33. The molecule has 0 spiro atoms. The highest BCUT2D eigenvalue weighted by Gasteiger charge is 2.02. The minimum atomic E-state index is 0.571. The van der Waals surface area contributed by atoms with Crippen LogP contribution in [0.5, 0.6) is 5.75 Å². The van der Waals surface area contributed by atoms with E-state index in [2.05, 4.69) is 19.6 Å². The van der Waals surface area contributed by atoms with Crippen LogP contribution in [0.3, 0.4) is 0 Å². The fourth-order valence-electron chi connectivity index (χ4n) is 0.886. The van der Waals surface area contributed by atoms with Gasteiger partial charge in [-0.2, -0.15) is 0 Å². The Bertz CT molecular complexity index is 369. The molecule has 0 amide bonds. The first kappa shape index (κ1) is 7.72. The van der Waals surface area contributed by atoms with Gasteiger partial charge in [0.05, 0.1) is 31.3 Å². The first-order chi connectivity index (χ1) is 6.40. The standard InChI is InChI=1S/C8H7N3O2/c1-12-7-3-9-8(10-4-7)6-2-11-13-5-6/h2-5H,1H3. The largest absolute Gasteiger partial charge is 0.494 e. The van der Waals surface area contributed by atoms with E-state index in [0.29, 0.717) is 11.6 Å². The summed E-state index contributed by atoms with van der Waals surface area (Å²) in [6.45, 7) is 0. The third-order valence-corrected chi connectivity index (χ3v) is 1.55. The maximum absolute atomic E-state index is 4.92. The van der Waals surface area contributed by atoms with Gasteiger partial charge in [-0.15, -0.1) is 0 Å². The monoisotopic (exact) mass is 177 g/mol. The zero-order chi connectivity index (χ0) is 9.10. The fraction of sp³-hybridized carbons (Fsp3) is 0.125. The summed E-state index contributed by atoms with van der Waals surface area (Å²) in [7, 11) is 1.57. The Morgan fingerprint density at radius 1 is 1.23 bits per heavy atom. The van der Waals surface area contributed by atoms with Crippen LogP contribution < -0.4 is 4.74 Å². The van der Waals surface area contributed by atoms with Crippen LogP contribution >= 0.6 is 0 Å². The molecular weight excluding hydrogens is 170 g/mol. The lowest BCUT2D eigenvalue weighted by atomic mass is 10.3. The normalized spacial score (nSPS) is 9.92. The summed E-state index contributed by atoms with van der Waals surface area (Å²) in [5.41, 5.74) is 0.752. The van der Waals surface area contributed by atoms with Gasteiger partial charge in [0, 0.05) is 0 Å². The van der Waals surface area contributed by atoms with Crippen molar-refractivity contribution in [2.24, 2.45) is 0 Å². The molecule has 0 saturated heterocycles. The van der Waals surface area contributed by atoms with Crippen molar-refractivity contribution >= 4 is 0 Å². The summed E-state index contributed by atoms with van der Waals surface area (Å²) in [6.07, 6.45) is 6.23. The molecule has 0 aliphatic rings. The highest BCUT2D eigenvalue weighted by Crippen LogP contribution is 2.14. The molecule has 2 heterocycles. The summed E-state index contributed by atoms with van der Waals surface area (Å²) in [6, 6.07) is 0. The minimum Gasteiger partial charge on any atom is -0.494 e. The second kappa shape index (κ2) is 3.22. The van der Waals surface area contributed by atoms with E-state index in [0.717, 1.165) is 5.56 Å². The summed E-state index contributed by atoms with van der Waals surface area (Å²) in [5.74, 6) is 1.20. The molecular formula is C8H7N3O2. The van der Waals surface area contributed by atoms with Crippen LogP contribution in [0.15, 0.2) is 29.4 Å². The Morgan fingerprint density at radius 3 is 2.54 bits per heavy atom. The van der Waals surface area contributed by atoms with Gasteiger partial charge in [-0.1, -0.05) is 5.16 Å². The van der Waals surface area contributed by atoms with Crippen LogP contribution in [-0.2, 0) is 0 Å². The van der Waals surface area contributed by atoms with E-state index in [-0.39, 0.29) is 0 Å². The number of hydrogen-bond acceptors (Lipinski definition) is 5. The maximum atomic E-state index is 4.92. The Labute approximate surface area is 74.4 Å². The number of rotatable bonds is 2. The fourth-order valence-corrected chi connectivity index (χ4v) is 0.886. The predicted molar refractivity (Wildman–Crippen MR) is 44.1 cm³/mol. The van der Waals surface area contributed by atoms with Gasteiger partial charge in [0.25, 0.3) is 0 Å². The van der Waals surface area contributed by atoms with Crippen molar-refractivity contribution < 1.29 is 9.26 Å². The molecule has 0 fully saturated rings. The summed E-state index contributed by atoms with van der Waals surface area (Å²) >= 11 is 0. The molecule has 2 aromatic heterocycles. The molecule has 2 aromatic rings. The van der Waals surface area contributed by atoms with Gasteiger partial charge in [-0.25, -0.2) is 9.97 Å². The molecule has 0 aromatic carbocycles. The van der Waals surface area contributed by atoms with E-state index in [9.17, 15) is 0 Å². The molecule has 5 heteroatoms. The molecule has 0 radical (unpaired) electrons. The van der Waals surface area contributed by atoms with E-state index in [1.165, 1.54) is 6.26 Å². The van der Waals surface area contributed by atoms with E-state index >= 15 is 0 Å². The second-order valence-corrected chi connectivity index (χ2v) is 2.36. The van der Waals surface area contributed by atoms with Gasteiger partial charge in [-0.3, -0.25) is 0 Å². The average Bonchev–Trinajstić information content (AvgIpc) is 2.71. The average molecular weight is 177 g/mol. The van der Waals surface area contributed by atoms with Crippen molar-refractivity contribution in [3.8, 4) is 17.1 Å². The van der Waals surface area contributed by atoms with Crippen LogP contribution in [0.4, 0.5) is 0 Å². The van der Waals surface area contributed by atoms with Gasteiger partial charge < -0.3 is 9.26 Å². The molecule has 0 saturated carbocycles. The lowest BCUT2D eigenvalue weighted by Gasteiger charge is -1.97.